The smallest absolute Gasteiger partial charge is 0.270 e. The molecule has 8 nitrogen and oxygen atoms in total. The Bertz CT molecular complexity index is 1120. The van der Waals surface area contributed by atoms with E-state index in [0.29, 0.717) is 18.0 Å². The first-order chi connectivity index (χ1) is 12.4. The largest absolute Gasteiger partial charge is 0.345 e. The van der Waals surface area contributed by atoms with Crippen molar-refractivity contribution in [1.29, 1.82) is 0 Å². The molecule has 0 saturated heterocycles. The minimum absolute atomic E-state index is 0.194. The predicted octanol–water partition coefficient (Wildman–Crippen LogP) is 2.50. The van der Waals surface area contributed by atoms with Crippen LogP contribution in [0.3, 0.4) is 0 Å². The van der Waals surface area contributed by atoms with Crippen molar-refractivity contribution in [3.05, 3.63) is 46.2 Å². The Morgan fingerprint density at radius 3 is 2.85 bits per heavy atom. The van der Waals surface area contributed by atoms with Crippen molar-refractivity contribution in [1.82, 2.24) is 34.3 Å². The van der Waals surface area contributed by atoms with Crippen molar-refractivity contribution >= 4 is 28.0 Å². The van der Waals surface area contributed by atoms with Crippen LogP contribution in [0.5, 0.6) is 0 Å². The summed E-state index contributed by atoms with van der Waals surface area (Å²) < 4.78 is 3.72. The Morgan fingerprint density at radius 1 is 1.31 bits per heavy atom. The van der Waals surface area contributed by atoms with Gasteiger partial charge in [-0.15, -0.1) is 11.3 Å². The molecule has 4 heterocycles. The highest BCUT2D eigenvalue weighted by Gasteiger charge is 2.16. The van der Waals surface area contributed by atoms with Crippen LogP contribution < -0.4 is 5.32 Å². The minimum Gasteiger partial charge on any atom is -0.345 e. The lowest BCUT2D eigenvalue weighted by atomic mass is 10.1. The Morgan fingerprint density at radius 2 is 2.12 bits per heavy atom. The third-order valence-electron chi connectivity index (χ3n) is 4.37. The van der Waals surface area contributed by atoms with Crippen molar-refractivity contribution in [2.75, 3.05) is 0 Å². The van der Waals surface area contributed by atoms with Crippen LogP contribution >= 0.6 is 11.3 Å². The predicted molar refractivity (Wildman–Crippen MR) is 98.6 cm³/mol. The monoisotopic (exact) mass is 369 g/mol. The molecular formula is C17H19N7OS. The van der Waals surface area contributed by atoms with Crippen LogP contribution in [0.25, 0.3) is 10.7 Å². The third kappa shape index (κ3) is 2.74. The van der Waals surface area contributed by atoms with Gasteiger partial charge in [0.15, 0.2) is 4.96 Å². The summed E-state index contributed by atoms with van der Waals surface area (Å²) in [5.74, 6) is 0.372. The van der Waals surface area contributed by atoms with Crippen LogP contribution in [0.1, 0.15) is 52.2 Å². The summed E-state index contributed by atoms with van der Waals surface area (Å²) >= 11 is 1.65. The SMILES string of the molecule is Cc1sc2nc(CNC(=O)c3cc(C(C)C)n4ncnc4n3)cn2c1C. The molecule has 134 valence electrons. The summed E-state index contributed by atoms with van der Waals surface area (Å²) in [5, 5.41) is 7.06. The van der Waals surface area contributed by atoms with Gasteiger partial charge in [0.2, 0.25) is 0 Å². The number of amides is 1. The van der Waals surface area contributed by atoms with Gasteiger partial charge >= 0.3 is 0 Å². The molecular weight excluding hydrogens is 350 g/mol. The lowest BCUT2D eigenvalue weighted by Crippen LogP contribution is -2.25. The molecule has 0 aliphatic heterocycles. The van der Waals surface area contributed by atoms with E-state index in [0.717, 1.165) is 16.3 Å². The van der Waals surface area contributed by atoms with Gasteiger partial charge in [-0.1, -0.05) is 13.8 Å². The number of aryl methyl sites for hydroxylation is 2. The van der Waals surface area contributed by atoms with E-state index in [4.69, 9.17) is 0 Å². The second-order valence-electron chi connectivity index (χ2n) is 6.50. The second kappa shape index (κ2) is 6.17. The molecule has 4 rings (SSSR count). The maximum atomic E-state index is 12.6. The number of hydrogen-bond acceptors (Lipinski definition) is 6. The van der Waals surface area contributed by atoms with E-state index in [9.17, 15) is 4.79 Å². The van der Waals surface area contributed by atoms with Crippen LogP contribution in [-0.2, 0) is 6.54 Å². The number of nitrogens with zero attached hydrogens (tertiary/aromatic N) is 6. The fourth-order valence-electron chi connectivity index (χ4n) is 2.81. The van der Waals surface area contributed by atoms with Crippen LogP contribution in [0.4, 0.5) is 0 Å². The topological polar surface area (TPSA) is 89.5 Å². The summed E-state index contributed by atoms with van der Waals surface area (Å²) in [7, 11) is 0. The molecule has 0 atom stereocenters. The normalized spacial score (nSPS) is 11.7. The molecule has 4 aromatic heterocycles. The molecule has 0 aliphatic carbocycles. The van der Waals surface area contributed by atoms with E-state index in [1.54, 1.807) is 21.9 Å². The van der Waals surface area contributed by atoms with Crippen LogP contribution in [-0.4, -0.2) is 34.9 Å². The van der Waals surface area contributed by atoms with Gasteiger partial charge in [-0.3, -0.25) is 9.20 Å². The highest BCUT2D eigenvalue weighted by Crippen LogP contribution is 2.21. The number of aromatic nitrogens is 6. The maximum absolute atomic E-state index is 12.6. The quantitative estimate of drug-likeness (QED) is 0.597. The van der Waals surface area contributed by atoms with Crippen molar-refractivity contribution in [2.24, 2.45) is 0 Å². The number of hydrogen-bond donors (Lipinski definition) is 1. The number of rotatable bonds is 4. The molecule has 0 saturated carbocycles. The average molecular weight is 369 g/mol. The molecule has 0 unspecified atom stereocenters. The Balaban J connectivity index is 1.56. The molecule has 0 bridgehead atoms. The minimum atomic E-state index is -0.248. The van der Waals surface area contributed by atoms with Crippen molar-refractivity contribution in [3.8, 4) is 0 Å². The van der Waals surface area contributed by atoms with E-state index in [1.165, 1.54) is 16.9 Å². The molecule has 4 aromatic rings. The van der Waals surface area contributed by atoms with Gasteiger partial charge in [-0.2, -0.15) is 10.1 Å². The van der Waals surface area contributed by atoms with E-state index in [-0.39, 0.29) is 11.8 Å². The number of fused-ring (bicyclic) bond motifs is 2. The van der Waals surface area contributed by atoms with E-state index in [2.05, 4.69) is 43.6 Å². The molecule has 0 radical (unpaired) electrons. The van der Waals surface area contributed by atoms with Crippen LogP contribution in [0.2, 0.25) is 0 Å². The lowest BCUT2D eigenvalue weighted by molar-refractivity contribution is 0.0945. The first-order valence-corrected chi connectivity index (χ1v) is 9.18. The fourth-order valence-corrected chi connectivity index (χ4v) is 3.78. The Labute approximate surface area is 153 Å². The van der Waals surface area contributed by atoms with Crippen molar-refractivity contribution in [2.45, 2.75) is 40.2 Å². The van der Waals surface area contributed by atoms with Crippen LogP contribution in [0.15, 0.2) is 18.6 Å². The summed E-state index contributed by atoms with van der Waals surface area (Å²) in [6.45, 7) is 8.58. The zero-order chi connectivity index (χ0) is 18.4. The third-order valence-corrected chi connectivity index (χ3v) is 5.44. The summed E-state index contributed by atoms with van der Waals surface area (Å²) in [4.78, 5) is 27.7. The Hall–Kier alpha value is -2.81. The number of nitrogens with one attached hydrogen (secondary N) is 1. The lowest BCUT2D eigenvalue weighted by Gasteiger charge is -2.09. The number of thiazole rings is 1. The highest BCUT2D eigenvalue weighted by molar-refractivity contribution is 7.17. The molecule has 1 N–H and O–H groups in total. The molecule has 0 spiro atoms. The number of carbonyl (C=O) groups excluding carboxylic acids is 1. The first-order valence-electron chi connectivity index (χ1n) is 8.37. The standard InChI is InChI=1S/C17H19N7OS/c1-9(2)14-5-13(22-16-19-8-20-24(14)16)15(25)18-6-12-7-23-10(3)11(4)26-17(23)21-12/h5,7-9H,6H2,1-4H3,(H,18,25). The first kappa shape index (κ1) is 16.6. The molecule has 26 heavy (non-hydrogen) atoms. The summed E-state index contributed by atoms with van der Waals surface area (Å²) in [6.07, 6.45) is 3.40. The average Bonchev–Trinajstić information content (AvgIpc) is 3.29. The molecule has 1 amide bonds. The van der Waals surface area contributed by atoms with Gasteiger partial charge in [0.25, 0.3) is 11.7 Å². The van der Waals surface area contributed by atoms with Crippen molar-refractivity contribution < 1.29 is 4.79 Å². The van der Waals surface area contributed by atoms with Gasteiger partial charge in [0.1, 0.15) is 12.0 Å². The van der Waals surface area contributed by atoms with Gasteiger partial charge in [0.05, 0.1) is 17.9 Å². The zero-order valence-corrected chi connectivity index (χ0v) is 15.8. The zero-order valence-electron chi connectivity index (χ0n) is 15.0. The summed E-state index contributed by atoms with van der Waals surface area (Å²) in [6, 6.07) is 1.76. The van der Waals surface area contributed by atoms with E-state index >= 15 is 0 Å². The second-order valence-corrected chi connectivity index (χ2v) is 7.69. The van der Waals surface area contributed by atoms with E-state index in [1.807, 2.05) is 20.0 Å². The van der Waals surface area contributed by atoms with Gasteiger partial charge < -0.3 is 5.32 Å². The number of imidazole rings is 1. The molecule has 0 aliphatic rings. The van der Waals surface area contributed by atoms with E-state index < -0.39 is 0 Å². The molecule has 0 aromatic carbocycles. The highest BCUT2D eigenvalue weighted by atomic mass is 32.1. The molecule has 9 heteroatoms. The van der Waals surface area contributed by atoms with Gasteiger partial charge in [-0.25, -0.2) is 14.5 Å². The van der Waals surface area contributed by atoms with Crippen LogP contribution in [0, 0.1) is 13.8 Å². The van der Waals surface area contributed by atoms with Gasteiger partial charge in [-0.05, 0) is 25.8 Å². The number of carbonyl (C=O) groups is 1. The Kier molecular flexibility index (Phi) is 3.95. The summed E-state index contributed by atoms with van der Waals surface area (Å²) in [5.41, 5.74) is 3.23. The van der Waals surface area contributed by atoms with Gasteiger partial charge in [0, 0.05) is 16.8 Å². The van der Waals surface area contributed by atoms with Crippen molar-refractivity contribution in [3.63, 3.8) is 0 Å². The maximum Gasteiger partial charge on any atom is 0.270 e. The molecule has 0 fully saturated rings. The fraction of sp³-hybridized carbons (Fsp3) is 0.353.